The Kier molecular flexibility index (Phi) is 4.17. The first-order chi connectivity index (χ1) is 9.04. The number of nitrogens with zero attached hydrogens (tertiary/aromatic N) is 2. The van der Waals surface area contributed by atoms with Crippen LogP contribution in [-0.4, -0.2) is 16.8 Å². The predicted octanol–water partition coefficient (Wildman–Crippen LogP) is 3.08. The maximum Gasteiger partial charge on any atom is 0.163 e. The van der Waals surface area contributed by atoms with E-state index in [4.69, 9.17) is 11.6 Å². The molecule has 0 fully saturated rings. The standard InChI is InChI=1S/C13H14ClF2N3/c1-8-10(14)6-18-19(8)7-12(17-2)9-4-3-5-11(15)13(9)16/h3-6,12,17H,7H2,1-2H3. The molecule has 2 aromatic rings. The lowest BCUT2D eigenvalue weighted by molar-refractivity contribution is 0.427. The molecule has 2 rings (SSSR count). The third kappa shape index (κ3) is 2.77. The second kappa shape index (κ2) is 5.67. The van der Waals surface area contributed by atoms with Gasteiger partial charge in [0.2, 0.25) is 0 Å². The average molecular weight is 286 g/mol. The Morgan fingerprint density at radius 3 is 2.74 bits per heavy atom. The van der Waals surface area contributed by atoms with Crippen LogP contribution in [-0.2, 0) is 6.54 Å². The van der Waals surface area contributed by atoms with Crippen LogP contribution in [0, 0.1) is 18.6 Å². The van der Waals surface area contributed by atoms with Crippen LogP contribution in [0.15, 0.2) is 24.4 Å². The summed E-state index contributed by atoms with van der Waals surface area (Å²) in [6, 6.07) is 3.76. The van der Waals surface area contributed by atoms with Crippen molar-refractivity contribution in [2.45, 2.75) is 19.5 Å². The lowest BCUT2D eigenvalue weighted by Crippen LogP contribution is -2.24. The van der Waals surface area contributed by atoms with Crippen molar-refractivity contribution in [2.24, 2.45) is 0 Å². The van der Waals surface area contributed by atoms with Gasteiger partial charge in [-0.2, -0.15) is 5.10 Å². The van der Waals surface area contributed by atoms with Gasteiger partial charge in [-0.3, -0.25) is 4.68 Å². The topological polar surface area (TPSA) is 29.9 Å². The molecule has 6 heteroatoms. The summed E-state index contributed by atoms with van der Waals surface area (Å²) in [5, 5.41) is 7.62. The number of hydrogen-bond acceptors (Lipinski definition) is 2. The molecular formula is C13H14ClF2N3. The van der Waals surface area contributed by atoms with Crippen molar-refractivity contribution < 1.29 is 8.78 Å². The normalized spacial score (nSPS) is 12.7. The van der Waals surface area contributed by atoms with Crippen LogP contribution in [0.1, 0.15) is 17.3 Å². The van der Waals surface area contributed by atoms with Gasteiger partial charge in [0.05, 0.1) is 29.5 Å². The van der Waals surface area contributed by atoms with E-state index in [1.807, 2.05) is 6.92 Å². The summed E-state index contributed by atoms with van der Waals surface area (Å²) >= 11 is 5.92. The minimum absolute atomic E-state index is 0.272. The van der Waals surface area contributed by atoms with Crippen LogP contribution >= 0.6 is 11.6 Å². The second-order valence-electron chi connectivity index (χ2n) is 4.24. The quantitative estimate of drug-likeness (QED) is 0.935. The molecule has 1 aromatic carbocycles. The zero-order valence-corrected chi connectivity index (χ0v) is 11.4. The Morgan fingerprint density at radius 2 is 2.16 bits per heavy atom. The largest absolute Gasteiger partial charge is 0.311 e. The molecule has 0 saturated heterocycles. The number of nitrogens with one attached hydrogen (secondary N) is 1. The van der Waals surface area contributed by atoms with Gasteiger partial charge in [0.25, 0.3) is 0 Å². The first-order valence-corrected chi connectivity index (χ1v) is 6.21. The van der Waals surface area contributed by atoms with E-state index in [-0.39, 0.29) is 11.6 Å². The molecule has 0 aliphatic heterocycles. The van der Waals surface area contributed by atoms with Crippen molar-refractivity contribution in [3.63, 3.8) is 0 Å². The lowest BCUT2D eigenvalue weighted by Gasteiger charge is -2.18. The van der Waals surface area contributed by atoms with Crippen molar-refractivity contribution in [1.82, 2.24) is 15.1 Å². The summed E-state index contributed by atoms with van der Waals surface area (Å²) in [5.41, 5.74) is 1.06. The highest BCUT2D eigenvalue weighted by Gasteiger charge is 2.18. The van der Waals surface area contributed by atoms with Gasteiger partial charge < -0.3 is 5.32 Å². The van der Waals surface area contributed by atoms with E-state index in [2.05, 4.69) is 10.4 Å². The maximum absolute atomic E-state index is 13.8. The Bertz CT molecular complexity index is 583. The molecule has 0 bridgehead atoms. The molecule has 1 atom stereocenters. The van der Waals surface area contributed by atoms with Crippen molar-refractivity contribution in [3.05, 3.63) is 52.3 Å². The first kappa shape index (κ1) is 14.0. The van der Waals surface area contributed by atoms with Gasteiger partial charge >= 0.3 is 0 Å². The first-order valence-electron chi connectivity index (χ1n) is 5.83. The molecule has 0 spiro atoms. The molecule has 3 nitrogen and oxygen atoms in total. The molecule has 0 aliphatic rings. The minimum atomic E-state index is -0.854. The van der Waals surface area contributed by atoms with Crippen LogP contribution in [0.25, 0.3) is 0 Å². The molecule has 0 saturated carbocycles. The van der Waals surface area contributed by atoms with Crippen molar-refractivity contribution >= 4 is 11.6 Å². The van der Waals surface area contributed by atoms with E-state index in [0.717, 1.165) is 11.8 Å². The van der Waals surface area contributed by atoms with Gasteiger partial charge in [-0.1, -0.05) is 23.7 Å². The van der Waals surface area contributed by atoms with Crippen LogP contribution in [0.4, 0.5) is 8.78 Å². The monoisotopic (exact) mass is 285 g/mol. The number of halogens is 3. The molecule has 1 heterocycles. The Morgan fingerprint density at radius 1 is 1.42 bits per heavy atom. The molecule has 19 heavy (non-hydrogen) atoms. The SMILES string of the molecule is CNC(Cn1ncc(Cl)c1C)c1cccc(F)c1F. The van der Waals surface area contributed by atoms with Crippen molar-refractivity contribution in [2.75, 3.05) is 7.05 Å². The van der Waals surface area contributed by atoms with Crippen LogP contribution in [0.5, 0.6) is 0 Å². The highest BCUT2D eigenvalue weighted by molar-refractivity contribution is 6.31. The van der Waals surface area contributed by atoms with Crippen molar-refractivity contribution in [3.8, 4) is 0 Å². The lowest BCUT2D eigenvalue weighted by atomic mass is 10.1. The molecule has 102 valence electrons. The number of likely N-dealkylation sites (N-methyl/N-ethyl adjacent to an activating group) is 1. The number of aromatic nitrogens is 2. The van der Waals surface area contributed by atoms with E-state index < -0.39 is 11.6 Å². The number of benzene rings is 1. The third-order valence-electron chi connectivity index (χ3n) is 3.10. The van der Waals surface area contributed by atoms with Gasteiger partial charge in [0.1, 0.15) is 0 Å². The highest BCUT2D eigenvalue weighted by atomic mass is 35.5. The summed E-state index contributed by atoms with van der Waals surface area (Å²) < 4.78 is 28.7. The Hall–Kier alpha value is -1.46. The van der Waals surface area contributed by atoms with Crippen molar-refractivity contribution in [1.29, 1.82) is 0 Å². The second-order valence-corrected chi connectivity index (χ2v) is 4.65. The van der Waals surface area contributed by atoms with E-state index in [1.54, 1.807) is 17.8 Å². The Labute approximate surface area is 115 Å². The summed E-state index contributed by atoms with van der Waals surface area (Å²) in [6.45, 7) is 2.19. The smallest absolute Gasteiger partial charge is 0.163 e. The van der Waals surface area contributed by atoms with E-state index in [9.17, 15) is 8.78 Å². The third-order valence-corrected chi connectivity index (χ3v) is 3.48. The van der Waals surface area contributed by atoms with Crippen LogP contribution in [0.2, 0.25) is 5.02 Å². The zero-order chi connectivity index (χ0) is 14.0. The fourth-order valence-corrected chi connectivity index (χ4v) is 2.06. The fourth-order valence-electron chi connectivity index (χ4n) is 1.92. The predicted molar refractivity (Wildman–Crippen MR) is 70.1 cm³/mol. The van der Waals surface area contributed by atoms with Gasteiger partial charge in [0.15, 0.2) is 11.6 Å². The minimum Gasteiger partial charge on any atom is -0.311 e. The van der Waals surface area contributed by atoms with Gasteiger partial charge in [-0.25, -0.2) is 8.78 Å². The molecule has 0 aliphatic carbocycles. The summed E-state index contributed by atoms with van der Waals surface area (Å²) in [4.78, 5) is 0. The number of rotatable bonds is 4. The van der Waals surface area contributed by atoms with Gasteiger partial charge in [-0.05, 0) is 20.0 Å². The number of hydrogen-bond donors (Lipinski definition) is 1. The summed E-state index contributed by atoms with van der Waals surface area (Å²) in [5.74, 6) is -1.69. The van der Waals surface area contributed by atoms with Gasteiger partial charge in [0, 0.05) is 5.56 Å². The molecule has 1 unspecified atom stereocenters. The average Bonchev–Trinajstić information content (AvgIpc) is 2.71. The Balaban J connectivity index is 2.30. The van der Waals surface area contributed by atoms with Crippen LogP contribution in [0.3, 0.4) is 0 Å². The van der Waals surface area contributed by atoms with E-state index >= 15 is 0 Å². The molecule has 1 N–H and O–H groups in total. The van der Waals surface area contributed by atoms with E-state index in [0.29, 0.717) is 11.6 Å². The highest BCUT2D eigenvalue weighted by Crippen LogP contribution is 2.22. The van der Waals surface area contributed by atoms with Crippen LogP contribution < -0.4 is 5.32 Å². The molecular weight excluding hydrogens is 272 g/mol. The van der Waals surface area contributed by atoms with Gasteiger partial charge in [-0.15, -0.1) is 0 Å². The zero-order valence-electron chi connectivity index (χ0n) is 10.6. The molecule has 0 amide bonds. The fraction of sp³-hybridized carbons (Fsp3) is 0.308. The molecule has 1 aromatic heterocycles. The summed E-state index contributed by atoms with van der Waals surface area (Å²) in [7, 11) is 1.69. The maximum atomic E-state index is 13.8. The molecule has 0 radical (unpaired) electrons. The van der Waals surface area contributed by atoms with E-state index in [1.165, 1.54) is 12.3 Å². The summed E-state index contributed by atoms with van der Waals surface area (Å²) in [6.07, 6.45) is 1.53.